The smallest absolute Gasteiger partial charge is 0.254 e. The van der Waals surface area contributed by atoms with Gasteiger partial charge in [0, 0.05) is 18.7 Å². The number of rotatable bonds is 10. The van der Waals surface area contributed by atoms with E-state index in [0.717, 1.165) is 24.0 Å². The van der Waals surface area contributed by atoms with Crippen LogP contribution in [0.3, 0.4) is 0 Å². The van der Waals surface area contributed by atoms with Gasteiger partial charge in [0.25, 0.3) is 5.91 Å². The van der Waals surface area contributed by atoms with Crippen molar-refractivity contribution < 1.29 is 23.5 Å². The molecule has 0 saturated heterocycles. The molecular weight excluding hydrogens is 508 g/mol. The van der Waals surface area contributed by atoms with Crippen molar-refractivity contribution in [1.82, 2.24) is 9.80 Å². The Hall–Kier alpha value is -4.59. The maximum Gasteiger partial charge on any atom is 0.254 e. The molecule has 0 aliphatic carbocycles. The van der Waals surface area contributed by atoms with Crippen LogP contribution in [0.5, 0.6) is 11.5 Å². The number of amides is 2. The summed E-state index contributed by atoms with van der Waals surface area (Å²) in [7, 11) is 0. The van der Waals surface area contributed by atoms with Gasteiger partial charge in [-0.25, -0.2) is 0 Å². The van der Waals surface area contributed by atoms with Crippen LogP contribution in [0.2, 0.25) is 0 Å². The van der Waals surface area contributed by atoms with Gasteiger partial charge < -0.3 is 23.7 Å². The number of ether oxygens (including phenoxy) is 2. The van der Waals surface area contributed by atoms with E-state index in [2.05, 4.69) is 0 Å². The average molecular weight is 541 g/mol. The molecule has 1 aliphatic heterocycles. The molecule has 0 atom stereocenters. The minimum absolute atomic E-state index is 0.0553. The molecule has 2 amide bonds. The van der Waals surface area contributed by atoms with Gasteiger partial charge in [-0.05, 0) is 49.2 Å². The summed E-state index contributed by atoms with van der Waals surface area (Å²) >= 11 is 0. The van der Waals surface area contributed by atoms with Crippen molar-refractivity contribution in [2.75, 3.05) is 19.9 Å². The van der Waals surface area contributed by atoms with E-state index < -0.39 is 0 Å². The van der Waals surface area contributed by atoms with Gasteiger partial charge in [0.05, 0.1) is 23.8 Å². The lowest BCUT2D eigenvalue weighted by atomic mass is 10.1. The molecule has 1 aliphatic rings. The van der Waals surface area contributed by atoms with E-state index in [4.69, 9.17) is 13.9 Å². The van der Waals surface area contributed by atoms with Crippen LogP contribution in [-0.4, -0.2) is 41.5 Å². The van der Waals surface area contributed by atoms with Crippen LogP contribution >= 0.6 is 0 Å². The molecule has 1 aromatic heterocycles. The molecular formula is C32H32N2O6. The molecule has 0 bridgehead atoms. The van der Waals surface area contributed by atoms with Gasteiger partial charge in [0.1, 0.15) is 12.1 Å². The molecule has 0 radical (unpaired) electrons. The Labute approximate surface area is 232 Å². The maximum atomic E-state index is 13.8. The molecule has 0 unspecified atom stereocenters. The maximum absolute atomic E-state index is 13.8. The fourth-order valence-corrected chi connectivity index (χ4v) is 4.71. The number of fused-ring (bicyclic) bond motifs is 2. The predicted molar refractivity (Wildman–Crippen MR) is 151 cm³/mol. The zero-order valence-electron chi connectivity index (χ0n) is 22.7. The number of unbranched alkanes of at least 4 members (excludes halogenated alkanes) is 1. The van der Waals surface area contributed by atoms with Gasteiger partial charge in [-0.2, -0.15) is 0 Å². The zero-order chi connectivity index (χ0) is 28.1. The lowest BCUT2D eigenvalue weighted by Gasteiger charge is -2.28. The summed E-state index contributed by atoms with van der Waals surface area (Å²) in [6.07, 6.45) is 3.04. The van der Waals surface area contributed by atoms with E-state index in [1.54, 1.807) is 40.1 Å². The minimum atomic E-state index is -0.266. The van der Waals surface area contributed by atoms with Crippen molar-refractivity contribution in [3.05, 3.63) is 105 Å². The van der Waals surface area contributed by atoms with Crippen LogP contribution in [0.15, 0.2) is 82.2 Å². The van der Waals surface area contributed by atoms with E-state index in [0.29, 0.717) is 40.1 Å². The van der Waals surface area contributed by atoms with Gasteiger partial charge >= 0.3 is 0 Å². The summed E-state index contributed by atoms with van der Waals surface area (Å²) in [6.45, 7) is 4.70. The molecule has 8 nitrogen and oxygen atoms in total. The summed E-state index contributed by atoms with van der Waals surface area (Å²) < 4.78 is 16.6. The third kappa shape index (κ3) is 6.01. The first-order valence-electron chi connectivity index (χ1n) is 13.4. The summed E-state index contributed by atoms with van der Waals surface area (Å²) in [4.78, 5) is 43.9. The van der Waals surface area contributed by atoms with Crippen molar-refractivity contribution in [2.45, 2.75) is 39.8 Å². The molecule has 8 heteroatoms. The molecule has 0 N–H and O–H groups in total. The van der Waals surface area contributed by atoms with Gasteiger partial charge in [-0.15, -0.1) is 0 Å². The number of benzene rings is 3. The quantitative estimate of drug-likeness (QED) is 0.271. The Kier molecular flexibility index (Phi) is 8.15. The fraction of sp³-hybridized carbons (Fsp3) is 0.281. The van der Waals surface area contributed by atoms with Crippen LogP contribution in [0, 0.1) is 6.92 Å². The molecule has 5 rings (SSSR count). The summed E-state index contributed by atoms with van der Waals surface area (Å²) in [5, 5.41) is 0.479. The topological polar surface area (TPSA) is 89.3 Å². The average Bonchev–Trinajstić information content (AvgIpc) is 3.44. The van der Waals surface area contributed by atoms with E-state index in [9.17, 15) is 14.4 Å². The van der Waals surface area contributed by atoms with Crippen molar-refractivity contribution >= 4 is 22.8 Å². The second-order valence-corrected chi connectivity index (χ2v) is 9.97. The number of hydrogen-bond donors (Lipinski definition) is 0. The molecule has 206 valence electrons. The fourth-order valence-electron chi connectivity index (χ4n) is 4.71. The molecule has 0 saturated carbocycles. The molecule has 2 heterocycles. The van der Waals surface area contributed by atoms with Gasteiger partial charge in [-0.3, -0.25) is 14.4 Å². The van der Waals surface area contributed by atoms with Crippen molar-refractivity contribution in [3.63, 3.8) is 0 Å². The molecule has 3 aromatic carbocycles. The first-order valence-corrected chi connectivity index (χ1v) is 13.4. The Morgan fingerprint density at radius 3 is 2.50 bits per heavy atom. The van der Waals surface area contributed by atoms with Crippen LogP contribution < -0.4 is 14.9 Å². The van der Waals surface area contributed by atoms with Gasteiger partial charge in [0.15, 0.2) is 16.9 Å². The van der Waals surface area contributed by atoms with Crippen LogP contribution in [0.1, 0.15) is 46.8 Å². The molecule has 4 aromatic rings. The Bertz CT molecular complexity index is 1580. The van der Waals surface area contributed by atoms with E-state index >= 15 is 0 Å². The van der Waals surface area contributed by atoms with E-state index in [1.807, 2.05) is 50.2 Å². The highest BCUT2D eigenvalue weighted by Gasteiger charge is 2.25. The van der Waals surface area contributed by atoms with Crippen LogP contribution in [-0.2, 0) is 17.9 Å². The third-order valence-electron chi connectivity index (χ3n) is 6.94. The van der Waals surface area contributed by atoms with Crippen LogP contribution in [0.25, 0.3) is 11.0 Å². The number of carbonyl (C=O) groups is 2. The largest absolute Gasteiger partial charge is 0.464 e. The number of hydrogen-bond acceptors (Lipinski definition) is 6. The highest BCUT2D eigenvalue weighted by Crippen LogP contribution is 2.33. The second kappa shape index (κ2) is 12.1. The highest BCUT2D eigenvalue weighted by atomic mass is 16.7. The first kappa shape index (κ1) is 27.0. The van der Waals surface area contributed by atoms with Crippen molar-refractivity contribution in [2.24, 2.45) is 0 Å². The Morgan fingerprint density at radius 2 is 1.70 bits per heavy atom. The van der Waals surface area contributed by atoms with Gasteiger partial charge in [0.2, 0.25) is 12.7 Å². The molecule has 40 heavy (non-hydrogen) atoms. The Morgan fingerprint density at radius 1 is 0.900 bits per heavy atom. The summed E-state index contributed by atoms with van der Waals surface area (Å²) in [5.74, 6) is 0.570. The van der Waals surface area contributed by atoms with E-state index in [-0.39, 0.29) is 43.7 Å². The predicted octanol–water partition coefficient (Wildman–Crippen LogP) is 5.30. The van der Waals surface area contributed by atoms with E-state index in [1.165, 1.54) is 6.26 Å². The van der Waals surface area contributed by atoms with Crippen molar-refractivity contribution in [3.8, 4) is 11.5 Å². The third-order valence-corrected chi connectivity index (χ3v) is 6.94. The SMILES string of the molecule is CCCCN(CC(=O)N(Cc1ccccc1)Cc1coc2ccc(C)cc2c1=O)C(=O)c1ccc2c(c1)OCO2. The number of carbonyl (C=O) groups excluding carboxylic acids is 2. The van der Waals surface area contributed by atoms with Gasteiger partial charge in [-0.1, -0.05) is 55.3 Å². The summed E-state index contributed by atoms with van der Waals surface area (Å²) in [6, 6.07) is 20.1. The normalized spacial score (nSPS) is 11.9. The number of nitrogens with zero attached hydrogens (tertiary/aromatic N) is 2. The lowest BCUT2D eigenvalue weighted by molar-refractivity contribution is -0.133. The zero-order valence-corrected chi connectivity index (χ0v) is 22.7. The molecule has 0 fully saturated rings. The number of aryl methyl sites for hydroxylation is 1. The van der Waals surface area contributed by atoms with Crippen LogP contribution in [0.4, 0.5) is 0 Å². The first-order chi connectivity index (χ1) is 19.4. The van der Waals surface area contributed by atoms with Crippen molar-refractivity contribution in [1.29, 1.82) is 0 Å². The molecule has 0 spiro atoms. The Balaban J connectivity index is 1.42. The summed E-state index contributed by atoms with van der Waals surface area (Å²) in [5.41, 5.74) is 3.00. The lowest BCUT2D eigenvalue weighted by Crippen LogP contribution is -2.43. The minimum Gasteiger partial charge on any atom is -0.464 e. The monoisotopic (exact) mass is 540 g/mol. The second-order valence-electron chi connectivity index (χ2n) is 9.97. The standard InChI is InChI=1S/C32H32N2O6/c1-3-4-14-33(32(37)24-11-13-28-29(16-24)40-21-39-28)19-30(35)34(17-23-8-6-5-7-9-23)18-25-20-38-27-12-10-22(2)15-26(27)31(25)36/h5-13,15-16,20H,3-4,14,17-19,21H2,1-2H3. The highest BCUT2D eigenvalue weighted by molar-refractivity contribution is 5.97.